The van der Waals surface area contributed by atoms with E-state index in [0.29, 0.717) is 37.3 Å². The quantitative estimate of drug-likeness (QED) is 0.316. The van der Waals surface area contributed by atoms with Crippen molar-refractivity contribution in [3.8, 4) is 29.0 Å². The van der Waals surface area contributed by atoms with Crippen molar-refractivity contribution in [2.75, 3.05) is 43.9 Å². The van der Waals surface area contributed by atoms with Crippen molar-refractivity contribution in [3.05, 3.63) is 46.5 Å². The Morgan fingerprint density at radius 1 is 1.26 bits per heavy atom. The van der Waals surface area contributed by atoms with Gasteiger partial charge in [-0.15, -0.1) is 11.3 Å². The number of anilines is 2. The Morgan fingerprint density at radius 3 is 2.90 bits per heavy atom. The number of nitrogens with one attached hydrogen (secondary N) is 1. The summed E-state index contributed by atoms with van der Waals surface area (Å²) in [5.41, 5.74) is 6.22. The van der Waals surface area contributed by atoms with Gasteiger partial charge in [0.15, 0.2) is 11.6 Å². The zero-order valence-electron chi connectivity index (χ0n) is 20.9. The molecule has 0 fully saturated rings. The normalized spacial score (nSPS) is 17.8. The lowest BCUT2D eigenvalue weighted by Crippen LogP contribution is -2.30. The van der Waals surface area contributed by atoms with E-state index in [1.165, 1.54) is 12.1 Å². The summed E-state index contributed by atoms with van der Waals surface area (Å²) in [6.45, 7) is 1.92. The molecular weight excluding hydrogens is 546 g/mol. The standard InChI is InChI=1S/C27H23ClF2N6O2S/c1-33-12-13-5-3-2-4-8-36-9-10-37-23-19-22(34-27(38-13)35-26(19)36)21(30)18(20(23)28)14-6-7-16(29)24-17(14)15(11-31)25(32)39-24/h2-3,6-7,13,33H,4-5,8-10,12,32H2,1H3/b3-2-. The Labute approximate surface area is 231 Å². The molecular formula is C27H23ClF2N6O2S. The molecule has 2 aromatic heterocycles. The summed E-state index contributed by atoms with van der Waals surface area (Å²) in [5, 5.41) is 13.5. The number of nitrogen functional groups attached to an aromatic ring is 1. The zero-order chi connectivity index (χ0) is 27.3. The molecule has 0 saturated carbocycles. The fraction of sp³-hybridized carbons (Fsp3) is 0.296. The molecule has 12 heteroatoms. The number of rotatable bonds is 3. The minimum atomic E-state index is -0.752. The number of hydrogen-bond donors (Lipinski definition) is 2. The number of fused-ring (bicyclic) bond motifs is 2. The van der Waals surface area contributed by atoms with E-state index in [1.54, 1.807) is 0 Å². The minimum Gasteiger partial charge on any atom is -0.489 e. The van der Waals surface area contributed by atoms with Gasteiger partial charge in [-0.3, -0.25) is 0 Å². The average Bonchev–Trinajstić information content (AvgIpc) is 3.14. The van der Waals surface area contributed by atoms with Gasteiger partial charge >= 0.3 is 6.01 Å². The van der Waals surface area contributed by atoms with Crippen molar-refractivity contribution in [1.29, 1.82) is 5.26 Å². The predicted molar refractivity (Wildman–Crippen MR) is 149 cm³/mol. The van der Waals surface area contributed by atoms with Crippen LogP contribution in [0.2, 0.25) is 5.02 Å². The summed E-state index contributed by atoms with van der Waals surface area (Å²) < 4.78 is 43.8. The highest BCUT2D eigenvalue weighted by Gasteiger charge is 2.32. The number of hydrogen-bond acceptors (Lipinski definition) is 9. The first-order valence-corrected chi connectivity index (χ1v) is 13.6. The first-order valence-electron chi connectivity index (χ1n) is 12.4. The van der Waals surface area contributed by atoms with E-state index < -0.39 is 11.6 Å². The van der Waals surface area contributed by atoms with Crippen LogP contribution in [-0.2, 0) is 0 Å². The smallest absolute Gasteiger partial charge is 0.319 e. The van der Waals surface area contributed by atoms with Crippen molar-refractivity contribution >= 4 is 54.7 Å². The molecule has 1 unspecified atom stereocenters. The molecule has 0 saturated heterocycles. The van der Waals surface area contributed by atoms with Crippen molar-refractivity contribution < 1.29 is 18.3 Å². The maximum absolute atomic E-state index is 16.7. The van der Waals surface area contributed by atoms with Crippen LogP contribution in [0.5, 0.6) is 11.8 Å². The van der Waals surface area contributed by atoms with Crippen LogP contribution in [0.25, 0.3) is 32.1 Å². The predicted octanol–water partition coefficient (Wildman–Crippen LogP) is 5.41. The molecule has 2 aliphatic rings. The number of thiophene rings is 1. The summed E-state index contributed by atoms with van der Waals surface area (Å²) in [6, 6.07) is 4.66. The second-order valence-electron chi connectivity index (χ2n) is 9.27. The number of aromatic nitrogens is 2. The van der Waals surface area contributed by atoms with E-state index in [1.807, 2.05) is 18.0 Å². The average molecular weight is 569 g/mol. The third kappa shape index (κ3) is 4.19. The van der Waals surface area contributed by atoms with E-state index >= 15 is 4.39 Å². The molecule has 2 bridgehead atoms. The monoisotopic (exact) mass is 568 g/mol. The van der Waals surface area contributed by atoms with Gasteiger partial charge in [-0.1, -0.05) is 29.8 Å². The lowest BCUT2D eigenvalue weighted by Gasteiger charge is -2.23. The molecule has 0 aliphatic carbocycles. The second kappa shape index (κ2) is 10.1. The van der Waals surface area contributed by atoms with Gasteiger partial charge in [-0.05, 0) is 25.1 Å². The Morgan fingerprint density at radius 2 is 2.10 bits per heavy atom. The van der Waals surface area contributed by atoms with E-state index in [9.17, 15) is 9.65 Å². The van der Waals surface area contributed by atoms with Crippen LogP contribution in [0.3, 0.4) is 0 Å². The highest BCUT2D eigenvalue weighted by molar-refractivity contribution is 7.23. The number of nitrogens with zero attached hydrogens (tertiary/aromatic N) is 4. The van der Waals surface area contributed by atoms with E-state index in [-0.39, 0.29) is 66.8 Å². The molecule has 200 valence electrons. The topological polar surface area (TPSA) is 109 Å². The molecule has 1 atom stereocenters. The number of likely N-dealkylation sites (N-methyl/N-ethyl adjacent to an activating group) is 1. The van der Waals surface area contributed by atoms with E-state index in [4.69, 9.17) is 31.8 Å². The first-order chi connectivity index (χ1) is 18.9. The zero-order valence-corrected chi connectivity index (χ0v) is 22.4. The molecule has 3 N–H and O–H groups in total. The fourth-order valence-electron chi connectivity index (χ4n) is 5.12. The number of benzene rings is 2. The van der Waals surface area contributed by atoms with Crippen LogP contribution in [-0.4, -0.2) is 49.4 Å². The molecule has 0 spiro atoms. The molecule has 4 aromatic rings. The van der Waals surface area contributed by atoms with Crippen LogP contribution in [0.1, 0.15) is 18.4 Å². The molecule has 8 nitrogen and oxygen atoms in total. The first kappa shape index (κ1) is 25.6. The Kier molecular flexibility index (Phi) is 6.62. The van der Waals surface area contributed by atoms with Crippen LogP contribution >= 0.6 is 22.9 Å². The maximum Gasteiger partial charge on any atom is 0.319 e. The molecule has 6 rings (SSSR count). The van der Waals surface area contributed by atoms with Crippen LogP contribution in [0.4, 0.5) is 19.6 Å². The maximum atomic E-state index is 16.7. The summed E-state index contributed by atoms with van der Waals surface area (Å²) in [4.78, 5) is 11.2. The Bertz CT molecular complexity index is 1700. The summed E-state index contributed by atoms with van der Waals surface area (Å²) in [7, 11) is 1.82. The number of nitrogens with two attached hydrogens (primary N) is 1. The molecule has 0 radical (unpaired) electrons. The lowest BCUT2D eigenvalue weighted by atomic mass is 9.96. The van der Waals surface area contributed by atoms with Crippen molar-refractivity contribution in [2.24, 2.45) is 0 Å². The van der Waals surface area contributed by atoms with Gasteiger partial charge in [0.05, 0.1) is 27.2 Å². The molecule has 39 heavy (non-hydrogen) atoms. The summed E-state index contributed by atoms with van der Waals surface area (Å²) in [6.07, 6.45) is 5.25. The third-order valence-corrected chi connectivity index (χ3v) is 8.27. The van der Waals surface area contributed by atoms with Crippen LogP contribution in [0.15, 0.2) is 24.3 Å². The fourth-order valence-corrected chi connectivity index (χ4v) is 6.41. The van der Waals surface area contributed by atoms with Gasteiger partial charge < -0.3 is 25.4 Å². The highest BCUT2D eigenvalue weighted by atomic mass is 35.5. The highest BCUT2D eigenvalue weighted by Crippen LogP contribution is 2.50. The second-order valence-corrected chi connectivity index (χ2v) is 10.7. The van der Waals surface area contributed by atoms with Gasteiger partial charge in [0.2, 0.25) is 0 Å². The Balaban J connectivity index is 1.68. The molecule has 4 heterocycles. The largest absolute Gasteiger partial charge is 0.489 e. The molecule has 2 aliphatic heterocycles. The van der Waals surface area contributed by atoms with E-state index in [0.717, 1.165) is 17.8 Å². The van der Waals surface area contributed by atoms with E-state index in [2.05, 4.69) is 22.5 Å². The summed E-state index contributed by atoms with van der Waals surface area (Å²) >= 11 is 7.81. The molecule has 2 aromatic carbocycles. The van der Waals surface area contributed by atoms with Crippen molar-refractivity contribution in [2.45, 2.75) is 18.9 Å². The Hall–Kier alpha value is -3.72. The van der Waals surface area contributed by atoms with Crippen molar-refractivity contribution in [3.63, 3.8) is 0 Å². The minimum absolute atomic E-state index is 0.0146. The number of ether oxygens (including phenoxy) is 2. The van der Waals surface area contributed by atoms with Gasteiger partial charge in [0.25, 0.3) is 0 Å². The third-order valence-electron chi connectivity index (χ3n) is 6.88. The number of nitriles is 1. The lowest BCUT2D eigenvalue weighted by molar-refractivity contribution is 0.188. The van der Waals surface area contributed by atoms with Gasteiger partial charge in [-0.25, -0.2) is 8.78 Å². The van der Waals surface area contributed by atoms with Gasteiger partial charge in [-0.2, -0.15) is 15.2 Å². The van der Waals surface area contributed by atoms with Crippen molar-refractivity contribution in [1.82, 2.24) is 15.3 Å². The SMILES string of the molecule is CNCC1C/C=C\CCN2CCOc3c(Cl)c(-c4ccc(F)c5sc(N)c(C#N)c45)c(F)c4nc(nc2c34)O1. The van der Waals surface area contributed by atoms with Crippen LogP contribution < -0.4 is 25.4 Å². The van der Waals surface area contributed by atoms with Gasteiger partial charge in [0.1, 0.15) is 40.9 Å². The molecule has 0 amide bonds. The van der Waals surface area contributed by atoms with Crippen LogP contribution in [0, 0.1) is 23.0 Å². The van der Waals surface area contributed by atoms with Gasteiger partial charge in [0, 0.05) is 30.5 Å². The summed E-state index contributed by atoms with van der Waals surface area (Å²) in [5.74, 6) is -0.625. The number of halogens is 3.